The predicted molar refractivity (Wildman–Crippen MR) is 99.0 cm³/mol. The second-order valence-corrected chi connectivity index (χ2v) is 6.92. The van der Waals surface area contributed by atoms with E-state index in [9.17, 15) is 23.6 Å². The van der Waals surface area contributed by atoms with E-state index in [0.717, 1.165) is 17.3 Å². The molecule has 0 radical (unpaired) electrons. The summed E-state index contributed by atoms with van der Waals surface area (Å²) in [5.41, 5.74) is 0.680. The highest BCUT2D eigenvalue weighted by Crippen LogP contribution is 2.31. The molecule has 5 rings (SSSR count). The fourth-order valence-corrected chi connectivity index (χ4v) is 3.62. The van der Waals surface area contributed by atoms with Crippen LogP contribution in [0.1, 0.15) is 33.6 Å². The van der Waals surface area contributed by atoms with Crippen molar-refractivity contribution < 1.29 is 23.6 Å². The Bertz CT molecular complexity index is 1270. The average molecular weight is 421 g/mol. The number of halogens is 1. The van der Waals surface area contributed by atoms with Gasteiger partial charge in [0.2, 0.25) is 11.8 Å². The molecule has 1 unspecified atom stereocenters. The minimum Gasteiger partial charge on any atom is -0.295 e. The topological polar surface area (TPSA) is 140 Å². The fourth-order valence-electron chi connectivity index (χ4n) is 3.62. The van der Waals surface area contributed by atoms with E-state index in [-0.39, 0.29) is 41.2 Å². The Balaban J connectivity index is 1.52. The molecule has 0 spiro atoms. The first-order valence-corrected chi connectivity index (χ1v) is 9.19. The Hall–Kier alpha value is -4.35. The number of carbonyl (C=O) groups is 4. The van der Waals surface area contributed by atoms with Gasteiger partial charge in [-0.2, -0.15) is 0 Å². The van der Waals surface area contributed by atoms with E-state index in [2.05, 4.69) is 25.6 Å². The molecule has 1 atom stereocenters. The van der Waals surface area contributed by atoms with Crippen LogP contribution in [0.2, 0.25) is 0 Å². The summed E-state index contributed by atoms with van der Waals surface area (Å²) in [5.74, 6) is -2.90. The van der Waals surface area contributed by atoms with E-state index in [1.54, 1.807) is 12.1 Å². The number of nitrogens with one attached hydrogen (secondary N) is 1. The molecular formula is C19H12FN7O4. The first-order chi connectivity index (χ1) is 14.9. The lowest BCUT2D eigenvalue weighted by Crippen LogP contribution is -2.54. The van der Waals surface area contributed by atoms with Gasteiger partial charge in [0.15, 0.2) is 17.3 Å². The van der Waals surface area contributed by atoms with Gasteiger partial charge in [-0.25, -0.2) is 19.0 Å². The Morgan fingerprint density at radius 2 is 1.84 bits per heavy atom. The van der Waals surface area contributed by atoms with Crippen LogP contribution in [0.5, 0.6) is 0 Å². The lowest BCUT2D eigenvalue weighted by Gasteiger charge is -2.27. The molecule has 4 heterocycles. The average Bonchev–Trinajstić information content (AvgIpc) is 3.33. The minimum atomic E-state index is -1.07. The van der Waals surface area contributed by atoms with E-state index in [0.29, 0.717) is 0 Å². The largest absolute Gasteiger partial charge is 0.295 e. The molecule has 2 aromatic heterocycles. The Kier molecular flexibility index (Phi) is 4.13. The lowest BCUT2D eigenvalue weighted by molar-refractivity contribution is -0.136. The summed E-state index contributed by atoms with van der Waals surface area (Å²) < 4.78 is 14.3. The van der Waals surface area contributed by atoms with Crippen LogP contribution < -0.4 is 5.32 Å². The summed E-state index contributed by atoms with van der Waals surface area (Å²) in [4.78, 5) is 58.3. The van der Waals surface area contributed by atoms with Gasteiger partial charge in [-0.3, -0.25) is 29.4 Å². The molecule has 1 fully saturated rings. The molecule has 0 saturated carbocycles. The van der Waals surface area contributed by atoms with Crippen LogP contribution in [0.15, 0.2) is 36.8 Å². The lowest BCUT2D eigenvalue weighted by atomic mass is 10.0. The van der Waals surface area contributed by atoms with Crippen molar-refractivity contribution in [1.29, 1.82) is 0 Å². The summed E-state index contributed by atoms with van der Waals surface area (Å²) in [6.07, 6.45) is 3.50. The maximum atomic E-state index is 13.2. The first kappa shape index (κ1) is 18.7. The molecule has 1 aromatic carbocycles. The van der Waals surface area contributed by atoms with Crippen molar-refractivity contribution in [1.82, 2.24) is 35.2 Å². The van der Waals surface area contributed by atoms with Gasteiger partial charge in [0.25, 0.3) is 11.8 Å². The molecule has 154 valence electrons. The van der Waals surface area contributed by atoms with E-state index in [1.165, 1.54) is 16.9 Å². The Labute approximate surface area is 172 Å². The van der Waals surface area contributed by atoms with E-state index in [4.69, 9.17) is 0 Å². The maximum Gasteiger partial charge on any atom is 0.264 e. The van der Waals surface area contributed by atoms with Crippen molar-refractivity contribution in [3.8, 4) is 17.2 Å². The van der Waals surface area contributed by atoms with Gasteiger partial charge < -0.3 is 0 Å². The van der Waals surface area contributed by atoms with Crippen LogP contribution in [0.4, 0.5) is 4.39 Å². The zero-order valence-electron chi connectivity index (χ0n) is 15.6. The van der Waals surface area contributed by atoms with E-state index >= 15 is 0 Å². The summed E-state index contributed by atoms with van der Waals surface area (Å²) in [6, 6.07) is 3.55. The normalized spacial score (nSPS) is 18.4. The monoisotopic (exact) mass is 421 g/mol. The van der Waals surface area contributed by atoms with Crippen molar-refractivity contribution in [2.75, 3.05) is 0 Å². The van der Waals surface area contributed by atoms with Crippen LogP contribution in [-0.2, 0) is 9.59 Å². The number of hydrogen-bond donors (Lipinski definition) is 1. The second kappa shape index (κ2) is 6.86. The van der Waals surface area contributed by atoms with Crippen molar-refractivity contribution >= 4 is 23.6 Å². The first-order valence-electron chi connectivity index (χ1n) is 9.19. The smallest absolute Gasteiger partial charge is 0.264 e. The van der Waals surface area contributed by atoms with Crippen LogP contribution in [0.25, 0.3) is 17.2 Å². The van der Waals surface area contributed by atoms with Gasteiger partial charge in [0.05, 0.1) is 35.4 Å². The highest BCUT2D eigenvalue weighted by Gasteiger charge is 2.45. The molecule has 1 saturated heterocycles. The Morgan fingerprint density at radius 1 is 1.06 bits per heavy atom. The summed E-state index contributed by atoms with van der Waals surface area (Å²) >= 11 is 0. The number of imide groups is 2. The van der Waals surface area contributed by atoms with Crippen LogP contribution in [0.3, 0.4) is 0 Å². The molecule has 1 N–H and O–H groups in total. The quantitative estimate of drug-likeness (QED) is 0.594. The SMILES string of the molecule is O=C1CCC(N2C(=O)c3cccc(-n4cc(-c5ncc(F)cn5)nn4)c3C2=O)C(=O)N1. The van der Waals surface area contributed by atoms with Crippen molar-refractivity contribution in [2.45, 2.75) is 18.9 Å². The zero-order valence-corrected chi connectivity index (χ0v) is 15.6. The third kappa shape index (κ3) is 2.96. The van der Waals surface area contributed by atoms with Crippen molar-refractivity contribution in [3.63, 3.8) is 0 Å². The van der Waals surface area contributed by atoms with Crippen LogP contribution in [0, 0.1) is 5.82 Å². The zero-order chi connectivity index (χ0) is 21.7. The maximum absolute atomic E-state index is 13.2. The minimum absolute atomic E-state index is 0.0285. The van der Waals surface area contributed by atoms with E-state index in [1.807, 2.05) is 0 Å². The molecule has 0 aliphatic carbocycles. The molecule has 11 nitrogen and oxygen atoms in total. The number of hydrogen-bond acceptors (Lipinski definition) is 8. The third-order valence-electron chi connectivity index (χ3n) is 5.04. The molecule has 12 heteroatoms. The van der Waals surface area contributed by atoms with Gasteiger partial charge in [0.1, 0.15) is 6.04 Å². The number of benzene rings is 1. The standard InChI is InChI=1S/C19H12FN7O4/c20-9-6-21-16(22-7-9)11-8-26(25-24-11)12-3-1-2-10-15(12)19(31)27(18(10)30)13-4-5-14(28)23-17(13)29/h1-3,6-8,13H,4-5H2,(H,23,28,29). The number of carbonyl (C=O) groups excluding carboxylic acids is 4. The van der Waals surface area contributed by atoms with Gasteiger partial charge in [-0.1, -0.05) is 11.3 Å². The fraction of sp³-hybridized carbons (Fsp3) is 0.158. The van der Waals surface area contributed by atoms with Crippen molar-refractivity contribution in [2.24, 2.45) is 0 Å². The number of aromatic nitrogens is 5. The summed E-state index contributed by atoms with van der Waals surface area (Å²) in [6.45, 7) is 0. The Morgan fingerprint density at radius 3 is 2.58 bits per heavy atom. The number of nitrogens with zero attached hydrogens (tertiary/aromatic N) is 6. The van der Waals surface area contributed by atoms with Crippen molar-refractivity contribution in [3.05, 3.63) is 53.7 Å². The van der Waals surface area contributed by atoms with Gasteiger partial charge >= 0.3 is 0 Å². The molecule has 2 aliphatic rings. The highest BCUT2D eigenvalue weighted by atomic mass is 19.1. The number of rotatable bonds is 3. The highest BCUT2D eigenvalue weighted by molar-refractivity contribution is 6.24. The van der Waals surface area contributed by atoms with Crippen LogP contribution >= 0.6 is 0 Å². The van der Waals surface area contributed by atoms with Gasteiger partial charge in [0, 0.05) is 6.42 Å². The van der Waals surface area contributed by atoms with Crippen LogP contribution in [-0.4, -0.2) is 59.5 Å². The predicted octanol–water partition coefficient (Wildman–Crippen LogP) is 0.265. The molecule has 4 amide bonds. The number of fused-ring (bicyclic) bond motifs is 1. The third-order valence-corrected chi connectivity index (χ3v) is 5.04. The summed E-state index contributed by atoms with van der Waals surface area (Å²) in [7, 11) is 0. The second-order valence-electron chi connectivity index (χ2n) is 6.92. The molecule has 2 aliphatic heterocycles. The molecule has 3 aromatic rings. The number of piperidine rings is 1. The van der Waals surface area contributed by atoms with Gasteiger partial charge in [-0.05, 0) is 18.6 Å². The van der Waals surface area contributed by atoms with Gasteiger partial charge in [-0.15, -0.1) is 5.10 Å². The molecule has 31 heavy (non-hydrogen) atoms. The summed E-state index contributed by atoms with van der Waals surface area (Å²) in [5, 5.41) is 10.1. The van der Waals surface area contributed by atoms with E-state index < -0.39 is 35.5 Å². The molecular weight excluding hydrogens is 409 g/mol. The molecule has 0 bridgehead atoms. The number of amides is 4.